The molecule has 2 rings (SSSR count). The van der Waals surface area contributed by atoms with Crippen molar-refractivity contribution >= 4 is 17.6 Å². The summed E-state index contributed by atoms with van der Waals surface area (Å²) >= 11 is 5.81. The number of carbonyl (C=O) groups is 1. The number of nitrogens with one attached hydrogen (secondary N) is 1. The predicted octanol–water partition coefficient (Wildman–Crippen LogP) is 1.36. The topological polar surface area (TPSA) is 58.4 Å². The van der Waals surface area contributed by atoms with Crippen LogP contribution in [0.3, 0.4) is 0 Å². The number of rotatable bonds is 3. The highest BCUT2D eigenvalue weighted by Gasteiger charge is 2.28. The first-order valence-corrected chi connectivity index (χ1v) is 5.59. The first-order chi connectivity index (χ1) is 7.70. The van der Waals surface area contributed by atoms with Gasteiger partial charge in [-0.1, -0.05) is 23.7 Å². The maximum absolute atomic E-state index is 11.5. The second kappa shape index (κ2) is 4.72. The lowest BCUT2D eigenvalue weighted by Crippen LogP contribution is -2.32. The van der Waals surface area contributed by atoms with Crippen molar-refractivity contribution in [2.45, 2.75) is 6.04 Å². The van der Waals surface area contributed by atoms with Gasteiger partial charge < -0.3 is 16.0 Å². The van der Waals surface area contributed by atoms with E-state index in [-0.39, 0.29) is 12.1 Å². The van der Waals surface area contributed by atoms with Gasteiger partial charge in [0.15, 0.2) is 0 Å². The summed E-state index contributed by atoms with van der Waals surface area (Å²) in [6, 6.07) is 7.50. The van der Waals surface area contributed by atoms with Gasteiger partial charge in [-0.25, -0.2) is 4.79 Å². The first kappa shape index (κ1) is 11.2. The van der Waals surface area contributed by atoms with Gasteiger partial charge in [-0.05, 0) is 17.7 Å². The monoisotopic (exact) mass is 239 g/mol. The maximum Gasteiger partial charge on any atom is 0.318 e. The van der Waals surface area contributed by atoms with E-state index in [9.17, 15) is 4.79 Å². The van der Waals surface area contributed by atoms with Crippen LogP contribution in [0.2, 0.25) is 5.02 Å². The van der Waals surface area contributed by atoms with Gasteiger partial charge in [0.2, 0.25) is 0 Å². The van der Waals surface area contributed by atoms with Crippen molar-refractivity contribution in [2.75, 3.05) is 19.6 Å². The van der Waals surface area contributed by atoms with Crippen molar-refractivity contribution in [3.05, 3.63) is 34.9 Å². The van der Waals surface area contributed by atoms with Gasteiger partial charge in [0.25, 0.3) is 0 Å². The maximum atomic E-state index is 11.5. The third-order valence-electron chi connectivity index (χ3n) is 2.66. The van der Waals surface area contributed by atoms with Crippen molar-refractivity contribution < 1.29 is 4.79 Å². The fourth-order valence-corrected chi connectivity index (χ4v) is 1.95. The Balaban J connectivity index is 2.07. The Hall–Kier alpha value is -1.26. The highest BCUT2D eigenvalue weighted by molar-refractivity contribution is 6.30. The summed E-state index contributed by atoms with van der Waals surface area (Å²) in [4.78, 5) is 13.3. The summed E-state index contributed by atoms with van der Waals surface area (Å²) in [7, 11) is 0. The Bertz CT molecular complexity index is 379. The lowest BCUT2D eigenvalue weighted by molar-refractivity contribution is 0.218. The van der Waals surface area contributed by atoms with Crippen LogP contribution in [0.25, 0.3) is 0 Å². The Morgan fingerprint density at radius 3 is 2.75 bits per heavy atom. The number of carbonyl (C=O) groups excluding carboxylic acids is 1. The molecule has 1 aliphatic heterocycles. The fraction of sp³-hybridized carbons (Fsp3) is 0.364. The number of urea groups is 1. The van der Waals surface area contributed by atoms with Crippen molar-refractivity contribution in [2.24, 2.45) is 5.73 Å². The van der Waals surface area contributed by atoms with Gasteiger partial charge in [0.1, 0.15) is 0 Å². The molecule has 0 aromatic heterocycles. The SMILES string of the molecule is NCCN1CC(c2ccc(Cl)cc2)NC1=O. The molecular formula is C11H14ClN3O. The number of halogens is 1. The third kappa shape index (κ3) is 2.28. The molecule has 1 aromatic carbocycles. The molecule has 3 N–H and O–H groups in total. The van der Waals surface area contributed by atoms with Crippen molar-refractivity contribution in [1.82, 2.24) is 10.2 Å². The summed E-state index contributed by atoms with van der Waals surface area (Å²) in [6.45, 7) is 1.74. The van der Waals surface area contributed by atoms with Gasteiger partial charge in [0.05, 0.1) is 6.04 Å². The highest BCUT2D eigenvalue weighted by Crippen LogP contribution is 2.21. The normalized spacial score (nSPS) is 20.0. The molecule has 1 unspecified atom stereocenters. The Morgan fingerprint density at radius 2 is 2.12 bits per heavy atom. The van der Waals surface area contributed by atoms with Gasteiger partial charge in [-0.3, -0.25) is 0 Å². The lowest BCUT2D eigenvalue weighted by atomic mass is 10.1. The van der Waals surface area contributed by atoms with E-state index in [1.165, 1.54) is 0 Å². The zero-order chi connectivity index (χ0) is 11.5. The average Bonchev–Trinajstić information content (AvgIpc) is 2.62. The van der Waals surface area contributed by atoms with Crippen molar-refractivity contribution in [1.29, 1.82) is 0 Å². The molecule has 1 atom stereocenters. The molecule has 0 spiro atoms. The fourth-order valence-electron chi connectivity index (χ4n) is 1.82. The summed E-state index contributed by atoms with van der Waals surface area (Å²) in [5.74, 6) is 0. The number of hydrogen-bond acceptors (Lipinski definition) is 2. The van der Waals surface area contributed by atoms with E-state index in [1.807, 2.05) is 24.3 Å². The molecule has 1 aromatic rings. The largest absolute Gasteiger partial charge is 0.329 e. The number of nitrogens with zero attached hydrogens (tertiary/aromatic N) is 1. The van der Waals surface area contributed by atoms with E-state index in [1.54, 1.807) is 4.90 Å². The van der Waals surface area contributed by atoms with Crippen LogP contribution >= 0.6 is 11.6 Å². The van der Waals surface area contributed by atoms with E-state index >= 15 is 0 Å². The lowest BCUT2D eigenvalue weighted by Gasteiger charge is -2.12. The Labute approximate surface area is 99.4 Å². The van der Waals surface area contributed by atoms with E-state index < -0.39 is 0 Å². The molecule has 0 bridgehead atoms. The molecule has 16 heavy (non-hydrogen) atoms. The molecule has 1 heterocycles. The minimum Gasteiger partial charge on any atom is -0.329 e. The van der Waals surface area contributed by atoms with E-state index in [4.69, 9.17) is 17.3 Å². The zero-order valence-corrected chi connectivity index (χ0v) is 9.57. The van der Waals surface area contributed by atoms with Crippen LogP contribution in [0.15, 0.2) is 24.3 Å². The minimum atomic E-state index is -0.0506. The number of amides is 2. The van der Waals surface area contributed by atoms with E-state index in [0.717, 1.165) is 5.56 Å². The second-order valence-electron chi connectivity index (χ2n) is 3.79. The molecule has 0 aliphatic carbocycles. The number of hydrogen-bond donors (Lipinski definition) is 2. The van der Waals surface area contributed by atoms with Gasteiger partial charge >= 0.3 is 6.03 Å². The van der Waals surface area contributed by atoms with Crippen LogP contribution in [0.5, 0.6) is 0 Å². The Morgan fingerprint density at radius 1 is 1.44 bits per heavy atom. The molecule has 1 fully saturated rings. The molecule has 86 valence electrons. The quantitative estimate of drug-likeness (QED) is 0.837. The zero-order valence-electron chi connectivity index (χ0n) is 8.82. The van der Waals surface area contributed by atoms with Crippen LogP contribution in [0, 0.1) is 0 Å². The summed E-state index contributed by atoms with van der Waals surface area (Å²) in [5, 5.41) is 3.61. The van der Waals surface area contributed by atoms with Gasteiger partial charge in [0, 0.05) is 24.7 Å². The van der Waals surface area contributed by atoms with Crippen LogP contribution in [0.4, 0.5) is 4.79 Å². The summed E-state index contributed by atoms with van der Waals surface area (Å²) < 4.78 is 0. The summed E-state index contributed by atoms with van der Waals surface area (Å²) in [6.07, 6.45) is 0. The van der Waals surface area contributed by atoms with Gasteiger partial charge in [-0.2, -0.15) is 0 Å². The molecule has 1 aliphatic rings. The van der Waals surface area contributed by atoms with Crippen molar-refractivity contribution in [3.8, 4) is 0 Å². The molecule has 0 radical (unpaired) electrons. The van der Waals surface area contributed by atoms with Crippen LogP contribution < -0.4 is 11.1 Å². The number of nitrogens with two attached hydrogens (primary N) is 1. The first-order valence-electron chi connectivity index (χ1n) is 5.21. The average molecular weight is 240 g/mol. The third-order valence-corrected chi connectivity index (χ3v) is 2.91. The highest BCUT2D eigenvalue weighted by atomic mass is 35.5. The molecule has 1 saturated heterocycles. The molecule has 2 amide bonds. The summed E-state index contributed by atoms with van der Waals surface area (Å²) in [5.41, 5.74) is 6.50. The predicted molar refractivity (Wildman–Crippen MR) is 63.4 cm³/mol. The van der Waals surface area contributed by atoms with Gasteiger partial charge in [-0.15, -0.1) is 0 Å². The van der Waals surface area contributed by atoms with E-state index in [0.29, 0.717) is 24.7 Å². The van der Waals surface area contributed by atoms with E-state index in [2.05, 4.69) is 5.32 Å². The van der Waals surface area contributed by atoms with Crippen LogP contribution in [-0.4, -0.2) is 30.6 Å². The van der Waals surface area contributed by atoms with Crippen molar-refractivity contribution in [3.63, 3.8) is 0 Å². The molecule has 5 heteroatoms. The second-order valence-corrected chi connectivity index (χ2v) is 4.22. The molecule has 4 nitrogen and oxygen atoms in total. The van der Waals surface area contributed by atoms with Crippen LogP contribution in [0.1, 0.15) is 11.6 Å². The number of benzene rings is 1. The molecular weight excluding hydrogens is 226 g/mol. The Kier molecular flexibility index (Phi) is 3.31. The smallest absolute Gasteiger partial charge is 0.318 e. The standard InChI is InChI=1S/C11H14ClN3O/c12-9-3-1-8(2-4-9)10-7-15(6-5-13)11(16)14-10/h1-4,10H,5-7,13H2,(H,14,16). The van der Waals surface area contributed by atoms with Crippen LogP contribution in [-0.2, 0) is 0 Å². The molecule has 0 saturated carbocycles. The minimum absolute atomic E-state index is 0.0383.